The van der Waals surface area contributed by atoms with E-state index >= 15 is 0 Å². The molecule has 3 aromatic rings. The Morgan fingerprint density at radius 3 is 2.64 bits per heavy atom. The molecule has 2 aromatic heterocycles. The lowest BCUT2D eigenvalue weighted by atomic mass is 9.91. The number of nitrogens with zero attached hydrogens (tertiary/aromatic N) is 2. The summed E-state index contributed by atoms with van der Waals surface area (Å²) in [5.41, 5.74) is 2.72. The molecule has 1 atom stereocenters. The summed E-state index contributed by atoms with van der Waals surface area (Å²) >= 11 is 0. The van der Waals surface area contributed by atoms with Crippen molar-refractivity contribution in [2.24, 2.45) is 0 Å². The number of piperazine rings is 1. The highest BCUT2D eigenvalue weighted by molar-refractivity contribution is 6.00. The molecule has 1 fully saturated rings. The van der Waals surface area contributed by atoms with Gasteiger partial charge in [-0.2, -0.15) is 0 Å². The van der Waals surface area contributed by atoms with E-state index in [1.165, 1.54) is 12.1 Å². The summed E-state index contributed by atoms with van der Waals surface area (Å²) in [7, 11) is 0. The molecule has 4 rings (SSSR count). The van der Waals surface area contributed by atoms with Crippen LogP contribution in [0.1, 0.15) is 69.0 Å². The number of hydrogen-bond donors (Lipinski definition) is 1. The molecule has 0 aliphatic carbocycles. The minimum absolute atomic E-state index is 0.170. The van der Waals surface area contributed by atoms with Crippen LogP contribution in [0.3, 0.4) is 0 Å². The monoisotopic (exact) mass is 451 g/mol. The van der Waals surface area contributed by atoms with Crippen LogP contribution >= 0.6 is 0 Å². The van der Waals surface area contributed by atoms with Crippen molar-refractivity contribution in [1.82, 2.24) is 15.2 Å². The maximum absolute atomic E-state index is 13.5. The number of carbonyl (C=O) groups is 2. The molecule has 1 saturated heterocycles. The number of halogens is 1. The molecule has 2 amide bonds. The van der Waals surface area contributed by atoms with E-state index in [-0.39, 0.29) is 29.3 Å². The van der Waals surface area contributed by atoms with Gasteiger partial charge < -0.3 is 14.6 Å². The summed E-state index contributed by atoms with van der Waals surface area (Å²) in [6, 6.07) is 9.89. The molecule has 174 valence electrons. The summed E-state index contributed by atoms with van der Waals surface area (Å²) in [6.07, 6.45) is 2.90. The van der Waals surface area contributed by atoms with Crippen molar-refractivity contribution in [1.29, 1.82) is 0 Å². The van der Waals surface area contributed by atoms with Crippen molar-refractivity contribution in [3.63, 3.8) is 0 Å². The summed E-state index contributed by atoms with van der Waals surface area (Å²) in [4.78, 5) is 32.0. The van der Waals surface area contributed by atoms with Crippen LogP contribution < -0.4 is 5.32 Å². The second-order valence-corrected chi connectivity index (χ2v) is 9.09. The molecular formula is C26H30FN3O3. The van der Waals surface area contributed by atoms with E-state index in [2.05, 4.69) is 19.2 Å². The molecule has 7 heteroatoms. The predicted molar refractivity (Wildman–Crippen MR) is 125 cm³/mol. The third-order valence-corrected chi connectivity index (χ3v) is 6.52. The normalized spacial score (nSPS) is 16.6. The molecule has 1 aromatic carbocycles. The number of nitrogens with one attached hydrogen (secondary N) is 1. The lowest BCUT2D eigenvalue weighted by molar-refractivity contribution is -0.133. The molecule has 1 aliphatic rings. The van der Waals surface area contributed by atoms with E-state index in [0.717, 1.165) is 30.4 Å². The van der Waals surface area contributed by atoms with Gasteiger partial charge in [0.1, 0.15) is 16.9 Å². The first-order chi connectivity index (χ1) is 15.8. The van der Waals surface area contributed by atoms with Gasteiger partial charge in [-0.3, -0.25) is 9.59 Å². The van der Waals surface area contributed by atoms with Crippen molar-refractivity contribution in [3.8, 4) is 11.3 Å². The molecular weight excluding hydrogens is 421 g/mol. The van der Waals surface area contributed by atoms with Crippen LogP contribution in [-0.2, 0) is 4.79 Å². The van der Waals surface area contributed by atoms with Crippen LogP contribution in [0.4, 0.5) is 4.39 Å². The second kappa shape index (κ2) is 8.96. The lowest BCUT2D eigenvalue weighted by Crippen LogP contribution is -2.63. The minimum atomic E-state index is -0.974. The fraction of sp³-hybridized carbons (Fsp3) is 0.423. The topological polar surface area (TPSA) is 75.4 Å². The number of benzene rings is 1. The highest BCUT2D eigenvalue weighted by atomic mass is 19.1. The SMILES string of the molecule is CCCC(CC)c1cc(-c2ccc(F)cc2)nc2cc(C(=O)N3CCNC(=O)C3(C)C)oc12. The van der Waals surface area contributed by atoms with Gasteiger partial charge in [0.2, 0.25) is 5.91 Å². The molecule has 1 N–H and O–H groups in total. The van der Waals surface area contributed by atoms with Crippen molar-refractivity contribution in [2.75, 3.05) is 13.1 Å². The highest BCUT2D eigenvalue weighted by Gasteiger charge is 2.41. The number of hydrogen-bond acceptors (Lipinski definition) is 4. The van der Waals surface area contributed by atoms with Gasteiger partial charge in [-0.1, -0.05) is 20.3 Å². The molecule has 0 spiro atoms. The van der Waals surface area contributed by atoms with Crippen molar-refractivity contribution in [3.05, 3.63) is 53.5 Å². The third-order valence-electron chi connectivity index (χ3n) is 6.52. The standard InChI is InChI=1S/C26H30FN3O3/c1-5-7-16(6-2)19-14-20(17-8-10-18(27)11-9-17)29-21-15-22(33-23(19)21)24(31)30-13-12-28-25(32)26(30,3)4/h8-11,14-16H,5-7,12-13H2,1-4H3,(H,28,32). The average Bonchev–Trinajstić information content (AvgIpc) is 3.23. The first kappa shape index (κ1) is 23.0. The molecule has 1 aliphatic heterocycles. The summed E-state index contributed by atoms with van der Waals surface area (Å²) in [5.74, 6) is -0.410. The Balaban J connectivity index is 1.83. The summed E-state index contributed by atoms with van der Waals surface area (Å²) < 4.78 is 19.6. The Labute approximate surface area is 193 Å². The van der Waals surface area contributed by atoms with E-state index in [9.17, 15) is 14.0 Å². The number of amides is 2. The maximum atomic E-state index is 13.5. The van der Waals surface area contributed by atoms with Gasteiger partial charge >= 0.3 is 0 Å². The number of furan rings is 1. The van der Waals surface area contributed by atoms with E-state index in [1.807, 2.05) is 6.07 Å². The van der Waals surface area contributed by atoms with Crippen LogP contribution in [0.5, 0.6) is 0 Å². The van der Waals surface area contributed by atoms with Crippen LogP contribution in [0.25, 0.3) is 22.4 Å². The number of pyridine rings is 1. The molecule has 33 heavy (non-hydrogen) atoms. The van der Waals surface area contributed by atoms with Crippen LogP contribution in [0.15, 0.2) is 40.8 Å². The lowest BCUT2D eigenvalue weighted by Gasteiger charge is -2.40. The first-order valence-corrected chi connectivity index (χ1v) is 11.6. The fourth-order valence-corrected chi connectivity index (χ4v) is 4.54. The van der Waals surface area contributed by atoms with Gasteiger partial charge in [0, 0.05) is 30.3 Å². The Hall–Kier alpha value is -3.22. The quantitative estimate of drug-likeness (QED) is 0.553. The average molecular weight is 452 g/mol. The summed E-state index contributed by atoms with van der Waals surface area (Å²) in [6.45, 7) is 8.54. The molecule has 1 unspecified atom stereocenters. The number of carbonyl (C=O) groups excluding carboxylic acids is 2. The van der Waals surface area contributed by atoms with Crippen LogP contribution in [0, 0.1) is 5.82 Å². The number of aromatic nitrogens is 1. The second-order valence-electron chi connectivity index (χ2n) is 9.09. The van der Waals surface area contributed by atoms with Gasteiger partial charge in [-0.15, -0.1) is 0 Å². The van der Waals surface area contributed by atoms with E-state index in [4.69, 9.17) is 9.40 Å². The Morgan fingerprint density at radius 1 is 1.24 bits per heavy atom. The zero-order valence-electron chi connectivity index (χ0n) is 19.6. The fourth-order valence-electron chi connectivity index (χ4n) is 4.54. The van der Waals surface area contributed by atoms with Crippen LogP contribution in [0.2, 0.25) is 0 Å². The Bertz CT molecular complexity index is 1180. The molecule has 6 nitrogen and oxygen atoms in total. The van der Waals surface area contributed by atoms with Crippen molar-refractivity contribution >= 4 is 22.9 Å². The van der Waals surface area contributed by atoms with Gasteiger partial charge in [0.05, 0.1) is 5.69 Å². The van der Waals surface area contributed by atoms with Gasteiger partial charge in [-0.25, -0.2) is 9.37 Å². The first-order valence-electron chi connectivity index (χ1n) is 11.6. The smallest absolute Gasteiger partial charge is 0.290 e. The van der Waals surface area contributed by atoms with Gasteiger partial charge in [0.25, 0.3) is 5.91 Å². The Kier molecular flexibility index (Phi) is 6.23. The molecule has 0 bridgehead atoms. The Morgan fingerprint density at radius 2 is 1.97 bits per heavy atom. The van der Waals surface area contributed by atoms with Crippen LogP contribution in [-0.4, -0.2) is 40.3 Å². The third kappa shape index (κ3) is 4.24. The molecule has 0 radical (unpaired) electrons. The minimum Gasteiger partial charge on any atom is -0.449 e. The highest BCUT2D eigenvalue weighted by Crippen LogP contribution is 2.36. The zero-order valence-corrected chi connectivity index (χ0v) is 19.6. The summed E-state index contributed by atoms with van der Waals surface area (Å²) in [5, 5.41) is 2.81. The van der Waals surface area contributed by atoms with Gasteiger partial charge in [-0.05, 0) is 62.9 Å². The number of fused-ring (bicyclic) bond motifs is 1. The van der Waals surface area contributed by atoms with E-state index < -0.39 is 5.54 Å². The molecule has 0 saturated carbocycles. The van der Waals surface area contributed by atoms with Crippen molar-refractivity contribution in [2.45, 2.75) is 58.4 Å². The largest absolute Gasteiger partial charge is 0.449 e. The number of rotatable bonds is 6. The van der Waals surface area contributed by atoms with E-state index in [1.54, 1.807) is 36.9 Å². The van der Waals surface area contributed by atoms with Crippen molar-refractivity contribution < 1.29 is 18.4 Å². The van der Waals surface area contributed by atoms with Gasteiger partial charge in [0.15, 0.2) is 11.3 Å². The van der Waals surface area contributed by atoms with E-state index in [0.29, 0.717) is 29.9 Å². The predicted octanol–water partition coefficient (Wildman–Crippen LogP) is 5.28. The zero-order chi connectivity index (χ0) is 23.8. The maximum Gasteiger partial charge on any atom is 0.290 e. The molecule has 3 heterocycles.